The Morgan fingerprint density at radius 2 is 1.56 bits per heavy atom. The van der Waals surface area contributed by atoms with E-state index in [-0.39, 0.29) is 18.3 Å². The average Bonchev–Trinajstić information content (AvgIpc) is 3.01. The van der Waals surface area contributed by atoms with Crippen LogP contribution in [0.2, 0.25) is 0 Å². The Morgan fingerprint density at radius 1 is 0.911 bits per heavy atom. The number of aliphatic hydroxyl groups excluding tert-OH is 1. The summed E-state index contributed by atoms with van der Waals surface area (Å²) in [5.41, 5.74) is 12.0. The quantitative estimate of drug-likeness (QED) is 0.0657. The lowest BCUT2D eigenvalue weighted by Gasteiger charge is -2.33. The molecule has 0 aromatic heterocycles. The van der Waals surface area contributed by atoms with Gasteiger partial charge < -0.3 is 21.5 Å². The van der Waals surface area contributed by atoms with E-state index in [1.807, 2.05) is 107 Å². The molecule has 0 aliphatic carbocycles. The van der Waals surface area contributed by atoms with Crippen LogP contribution in [0.5, 0.6) is 0 Å². The van der Waals surface area contributed by atoms with E-state index in [2.05, 4.69) is 10.6 Å². The average molecular weight is 616 g/mol. The number of amides is 3. The van der Waals surface area contributed by atoms with Gasteiger partial charge in [-0.25, -0.2) is 5.48 Å². The summed E-state index contributed by atoms with van der Waals surface area (Å²) in [7, 11) is 0. The van der Waals surface area contributed by atoms with Crippen LogP contribution in [-0.2, 0) is 20.8 Å². The van der Waals surface area contributed by atoms with E-state index in [1.165, 1.54) is 5.48 Å². The molecular weight excluding hydrogens is 570 g/mol. The molecule has 45 heavy (non-hydrogen) atoms. The summed E-state index contributed by atoms with van der Waals surface area (Å²) >= 11 is 0. The van der Waals surface area contributed by atoms with E-state index in [1.54, 1.807) is 0 Å². The van der Waals surface area contributed by atoms with Gasteiger partial charge in [-0.3, -0.25) is 25.0 Å². The highest BCUT2D eigenvalue weighted by molar-refractivity contribution is 5.95. The molecule has 0 saturated heterocycles. The summed E-state index contributed by atoms with van der Waals surface area (Å²) in [5, 5.41) is 33.2. The molecule has 3 aromatic rings. The molecule has 0 aliphatic heterocycles. The fourth-order valence-corrected chi connectivity index (χ4v) is 5.29. The van der Waals surface area contributed by atoms with E-state index < -0.39 is 41.2 Å². The van der Waals surface area contributed by atoms with Crippen LogP contribution in [0, 0.1) is 23.7 Å². The number of carbonyl (C=O) groups is 3. The van der Waals surface area contributed by atoms with E-state index in [0.717, 1.165) is 27.8 Å². The van der Waals surface area contributed by atoms with Gasteiger partial charge in [0.05, 0.1) is 12.0 Å². The molecule has 0 aliphatic rings. The highest BCUT2D eigenvalue weighted by Gasteiger charge is 2.38. The van der Waals surface area contributed by atoms with Gasteiger partial charge in [0.2, 0.25) is 11.8 Å². The smallest absolute Gasteiger partial charge is 0.272 e. The lowest BCUT2D eigenvalue weighted by Crippen LogP contribution is -2.56. The number of hydrogen-bond acceptors (Lipinski definition) is 6. The fourth-order valence-electron chi connectivity index (χ4n) is 5.29. The monoisotopic (exact) mass is 615 g/mol. The van der Waals surface area contributed by atoms with Crippen LogP contribution < -0.4 is 21.8 Å². The van der Waals surface area contributed by atoms with Gasteiger partial charge in [0.25, 0.3) is 5.91 Å². The number of aryl methyl sites for hydroxylation is 2. The van der Waals surface area contributed by atoms with Crippen molar-refractivity contribution < 1.29 is 24.7 Å². The predicted molar refractivity (Wildman–Crippen MR) is 174 cm³/mol. The van der Waals surface area contributed by atoms with Gasteiger partial charge in [-0.2, -0.15) is 0 Å². The molecule has 0 radical (unpaired) electrons. The number of hydrogen-bond donors (Lipinski definition) is 7. The second kappa shape index (κ2) is 15.5. The lowest BCUT2D eigenvalue weighted by atomic mass is 9.84. The first-order valence-corrected chi connectivity index (χ1v) is 15.0. The van der Waals surface area contributed by atoms with Crippen LogP contribution >= 0.6 is 0 Å². The largest absolute Gasteiger partial charge is 0.384 e. The van der Waals surface area contributed by atoms with Gasteiger partial charge in [0.1, 0.15) is 18.0 Å². The number of nitrogens with one attached hydrogen (secondary N) is 4. The van der Waals surface area contributed by atoms with Crippen molar-refractivity contribution in [2.45, 2.75) is 72.1 Å². The number of rotatable bonds is 13. The first-order valence-electron chi connectivity index (χ1n) is 15.0. The minimum atomic E-state index is -1.82. The second-order valence-corrected chi connectivity index (χ2v) is 12.5. The summed E-state index contributed by atoms with van der Waals surface area (Å²) in [6.07, 6.45) is -0.660. The van der Waals surface area contributed by atoms with E-state index in [0.29, 0.717) is 18.4 Å². The summed E-state index contributed by atoms with van der Waals surface area (Å²) in [5.74, 6) is -3.34. The van der Waals surface area contributed by atoms with E-state index in [9.17, 15) is 19.5 Å². The minimum absolute atomic E-state index is 0.0112. The topological polar surface area (TPSA) is 178 Å². The maximum atomic E-state index is 13.6. The van der Waals surface area contributed by atoms with Crippen LogP contribution in [0.15, 0.2) is 72.8 Å². The molecule has 3 amide bonds. The van der Waals surface area contributed by atoms with Crippen molar-refractivity contribution in [3.8, 4) is 11.1 Å². The van der Waals surface area contributed by atoms with Gasteiger partial charge >= 0.3 is 0 Å². The maximum absolute atomic E-state index is 13.6. The highest BCUT2D eigenvalue weighted by atomic mass is 16.5. The second-order valence-electron chi connectivity index (χ2n) is 12.5. The predicted octanol–water partition coefficient (Wildman–Crippen LogP) is 4.16. The number of hydroxylamine groups is 1. The van der Waals surface area contributed by atoms with Crippen LogP contribution in [-0.4, -0.2) is 46.0 Å². The molecular formula is C35H45N5O5. The van der Waals surface area contributed by atoms with Crippen molar-refractivity contribution in [1.82, 2.24) is 16.1 Å². The normalized spacial score (nSPS) is 14.0. The number of amidine groups is 1. The van der Waals surface area contributed by atoms with E-state index in [4.69, 9.17) is 16.4 Å². The number of nitrogens with two attached hydrogens (primary N) is 1. The molecule has 0 bridgehead atoms. The molecule has 4 atom stereocenters. The van der Waals surface area contributed by atoms with Crippen LogP contribution in [0.3, 0.4) is 0 Å². The summed E-state index contributed by atoms with van der Waals surface area (Å²) in [6, 6.07) is 21.7. The summed E-state index contributed by atoms with van der Waals surface area (Å²) in [4.78, 5) is 39.1. The Morgan fingerprint density at radius 3 is 2.11 bits per heavy atom. The molecule has 0 fully saturated rings. The van der Waals surface area contributed by atoms with Crippen molar-refractivity contribution in [2.24, 2.45) is 17.1 Å². The van der Waals surface area contributed by atoms with Gasteiger partial charge in [-0.1, -0.05) is 93.6 Å². The van der Waals surface area contributed by atoms with Gasteiger partial charge in [-0.15, -0.1) is 0 Å². The molecule has 0 heterocycles. The Labute approximate surface area is 264 Å². The lowest BCUT2D eigenvalue weighted by molar-refractivity contribution is -0.147. The number of aliphatic hydroxyl groups is 1. The molecule has 0 spiro atoms. The van der Waals surface area contributed by atoms with Crippen molar-refractivity contribution in [1.29, 1.82) is 5.41 Å². The van der Waals surface area contributed by atoms with Gasteiger partial charge in [0, 0.05) is 5.56 Å². The Bertz CT molecular complexity index is 1480. The zero-order chi connectivity index (χ0) is 33.3. The van der Waals surface area contributed by atoms with Crippen molar-refractivity contribution in [2.75, 3.05) is 0 Å². The summed E-state index contributed by atoms with van der Waals surface area (Å²) < 4.78 is 0. The van der Waals surface area contributed by atoms with Crippen molar-refractivity contribution >= 4 is 23.6 Å². The summed E-state index contributed by atoms with van der Waals surface area (Å²) in [6.45, 7) is 9.31. The minimum Gasteiger partial charge on any atom is -0.384 e. The number of carbonyl (C=O) groups excluding carboxylic acids is 3. The number of benzene rings is 3. The molecule has 3 rings (SSSR count). The van der Waals surface area contributed by atoms with Gasteiger partial charge in [0.15, 0.2) is 0 Å². The standard InChI is InChI=1S/C35H45N5O5/c1-21-20-23(14-19-27(21)25-15-17-26(18-16-25)31(36)37)10-9-13-28(29(41)33(43)40-45)32(42)39-30(35(3,4)5)34(44)38-22(2)24-11-7-6-8-12-24/h6-8,11-12,14-20,22,28-30,41,45H,9-10,13H2,1-5H3,(H3,36,37)(H,38,44)(H,39,42)(H,40,43). The molecule has 3 aromatic carbocycles. The van der Waals surface area contributed by atoms with E-state index >= 15 is 0 Å². The Balaban J connectivity index is 1.72. The first kappa shape index (κ1) is 34.9. The molecule has 240 valence electrons. The number of nitrogen functional groups attached to an aromatic ring is 1. The van der Waals surface area contributed by atoms with Crippen LogP contribution in [0.25, 0.3) is 11.1 Å². The van der Waals surface area contributed by atoms with Crippen LogP contribution in [0.4, 0.5) is 0 Å². The fraction of sp³-hybridized carbons (Fsp3) is 0.371. The maximum Gasteiger partial charge on any atom is 0.272 e. The third-order valence-electron chi connectivity index (χ3n) is 7.95. The molecule has 8 N–H and O–H groups in total. The highest BCUT2D eigenvalue weighted by Crippen LogP contribution is 2.27. The third-order valence-corrected chi connectivity index (χ3v) is 7.95. The van der Waals surface area contributed by atoms with Crippen molar-refractivity contribution in [3.05, 3.63) is 95.1 Å². The first-order chi connectivity index (χ1) is 21.2. The SMILES string of the molecule is Cc1cc(CCCC(C(=O)NC(C(=O)NC(C)c2ccccc2)C(C)(C)C)C(O)C(=O)NO)ccc1-c1ccc(C(=N)N)cc1. The van der Waals surface area contributed by atoms with Crippen LogP contribution in [0.1, 0.15) is 68.8 Å². The van der Waals surface area contributed by atoms with Gasteiger partial charge in [-0.05, 0) is 66.3 Å². The zero-order valence-electron chi connectivity index (χ0n) is 26.6. The molecule has 10 nitrogen and oxygen atoms in total. The van der Waals surface area contributed by atoms with Crippen molar-refractivity contribution in [3.63, 3.8) is 0 Å². The third kappa shape index (κ3) is 9.47. The molecule has 10 heteroatoms. The Hall–Kier alpha value is -4.54. The molecule has 0 saturated carbocycles. The Kier molecular flexibility index (Phi) is 12.0. The molecule has 4 unspecified atom stereocenters. The zero-order valence-corrected chi connectivity index (χ0v) is 26.6.